The molecule has 0 atom stereocenters. The third-order valence-electron chi connectivity index (χ3n) is 5.09. The van der Waals surface area contributed by atoms with E-state index in [1.807, 2.05) is 37.3 Å². The molecule has 0 aliphatic carbocycles. The third kappa shape index (κ3) is 4.26. The van der Waals surface area contributed by atoms with E-state index >= 15 is 0 Å². The van der Waals surface area contributed by atoms with Crippen LogP contribution in [-0.2, 0) is 12.3 Å². The van der Waals surface area contributed by atoms with Crippen LogP contribution in [0.5, 0.6) is 0 Å². The zero-order valence-corrected chi connectivity index (χ0v) is 18.7. The van der Waals surface area contributed by atoms with Crippen LogP contribution in [0.3, 0.4) is 0 Å². The summed E-state index contributed by atoms with van der Waals surface area (Å²) >= 11 is 7.59. The molecule has 0 unspecified atom stereocenters. The molecule has 0 N–H and O–H groups in total. The van der Waals surface area contributed by atoms with E-state index in [4.69, 9.17) is 26.0 Å². The first-order valence-electron chi connectivity index (χ1n) is 9.96. The fourth-order valence-electron chi connectivity index (χ4n) is 3.38. The van der Waals surface area contributed by atoms with Crippen LogP contribution in [0, 0.1) is 12.7 Å². The monoisotopic (exact) mass is 464 g/mol. The van der Waals surface area contributed by atoms with Crippen molar-refractivity contribution >= 4 is 34.4 Å². The van der Waals surface area contributed by atoms with E-state index in [9.17, 15) is 4.39 Å². The highest BCUT2D eigenvalue weighted by Crippen LogP contribution is 2.29. The number of benzene rings is 2. The molecule has 2 aromatic carbocycles. The number of aryl methyl sites for hydroxylation is 1. The average Bonchev–Trinajstić information content (AvgIpc) is 3.34. The van der Waals surface area contributed by atoms with Crippen molar-refractivity contribution in [2.75, 3.05) is 0 Å². The summed E-state index contributed by atoms with van der Waals surface area (Å²) in [6.45, 7) is 2.40. The maximum absolute atomic E-state index is 13.2. The predicted molar refractivity (Wildman–Crippen MR) is 124 cm³/mol. The van der Waals surface area contributed by atoms with Gasteiger partial charge in [0, 0.05) is 22.5 Å². The number of pyridine rings is 1. The van der Waals surface area contributed by atoms with Crippen LogP contribution in [0.25, 0.3) is 22.5 Å². The second-order valence-electron chi connectivity index (χ2n) is 7.29. The Morgan fingerprint density at radius 2 is 1.81 bits per heavy atom. The van der Waals surface area contributed by atoms with Gasteiger partial charge in [0.1, 0.15) is 17.3 Å². The van der Waals surface area contributed by atoms with E-state index < -0.39 is 0 Å². The second kappa shape index (κ2) is 8.76. The van der Waals surface area contributed by atoms with E-state index in [2.05, 4.69) is 9.55 Å². The quantitative estimate of drug-likeness (QED) is 0.267. The molecular formula is C24H18ClFN4OS. The van der Waals surface area contributed by atoms with Crippen molar-refractivity contribution in [3.05, 3.63) is 94.8 Å². The Morgan fingerprint density at radius 3 is 2.59 bits per heavy atom. The van der Waals surface area contributed by atoms with Gasteiger partial charge in [0.15, 0.2) is 5.16 Å². The Hall–Kier alpha value is -3.16. The van der Waals surface area contributed by atoms with Crippen LogP contribution in [0.1, 0.15) is 17.0 Å². The fraction of sp³-hybridized carbons (Fsp3) is 0.125. The molecule has 3 heterocycles. The third-order valence-corrected chi connectivity index (χ3v) is 6.39. The summed E-state index contributed by atoms with van der Waals surface area (Å²) in [6, 6.07) is 15.8. The Morgan fingerprint density at radius 1 is 1.03 bits per heavy atom. The second-order valence-corrected chi connectivity index (χ2v) is 8.67. The van der Waals surface area contributed by atoms with Crippen molar-refractivity contribution < 1.29 is 8.81 Å². The van der Waals surface area contributed by atoms with Gasteiger partial charge in [0.2, 0.25) is 5.89 Å². The molecular weight excluding hydrogens is 447 g/mol. The van der Waals surface area contributed by atoms with Crippen LogP contribution >= 0.6 is 23.4 Å². The molecule has 0 radical (unpaired) electrons. The van der Waals surface area contributed by atoms with Gasteiger partial charge >= 0.3 is 0 Å². The van der Waals surface area contributed by atoms with Crippen molar-refractivity contribution in [1.82, 2.24) is 19.5 Å². The van der Waals surface area contributed by atoms with Gasteiger partial charge in [-0.25, -0.2) is 14.4 Å². The molecule has 5 aromatic rings. The number of aromatic nitrogens is 4. The Labute approximate surface area is 193 Å². The highest BCUT2D eigenvalue weighted by atomic mass is 35.5. The number of oxazole rings is 1. The molecule has 8 heteroatoms. The minimum atomic E-state index is -0.241. The number of hydrogen-bond acceptors (Lipinski definition) is 5. The molecule has 0 fully saturated rings. The lowest BCUT2D eigenvalue weighted by molar-refractivity contribution is 0.537. The minimum absolute atomic E-state index is 0.241. The lowest BCUT2D eigenvalue weighted by Gasteiger charge is -2.07. The normalized spacial score (nSPS) is 11.3. The van der Waals surface area contributed by atoms with E-state index in [1.54, 1.807) is 36.3 Å². The first kappa shape index (κ1) is 20.7. The summed E-state index contributed by atoms with van der Waals surface area (Å²) in [4.78, 5) is 13.8. The van der Waals surface area contributed by atoms with Crippen molar-refractivity contribution in [3.63, 3.8) is 0 Å². The average molecular weight is 465 g/mol. The summed E-state index contributed by atoms with van der Waals surface area (Å²) in [7, 11) is 0. The Bertz CT molecular complexity index is 1380. The molecule has 0 saturated carbocycles. The zero-order chi connectivity index (χ0) is 22.1. The number of thioether (sulfide) groups is 1. The van der Waals surface area contributed by atoms with E-state index in [0.29, 0.717) is 23.2 Å². The number of fused-ring (bicyclic) bond motifs is 1. The summed E-state index contributed by atoms with van der Waals surface area (Å²) in [5.41, 5.74) is 4.49. The number of hydrogen-bond donors (Lipinski definition) is 0. The molecule has 5 rings (SSSR count). The van der Waals surface area contributed by atoms with Crippen molar-refractivity contribution in [2.24, 2.45) is 0 Å². The number of halogens is 2. The lowest BCUT2D eigenvalue weighted by Crippen LogP contribution is -2.03. The molecule has 0 spiro atoms. The molecule has 0 aliphatic heterocycles. The maximum Gasteiger partial charge on any atom is 0.226 e. The topological polar surface area (TPSA) is 56.7 Å². The van der Waals surface area contributed by atoms with E-state index in [1.165, 1.54) is 12.1 Å². The van der Waals surface area contributed by atoms with E-state index in [-0.39, 0.29) is 5.82 Å². The zero-order valence-electron chi connectivity index (χ0n) is 17.1. The molecule has 0 saturated heterocycles. The number of imidazole rings is 1. The lowest BCUT2D eigenvalue weighted by atomic mass is 10.2. The van der Waals surface area contributed by atoms with Crippen LogP contribution in [0.4, 0.5) is 4.39 Å². The van der Waals surface area contributed by atoms with Crippen LogP contribution < -0.4 is 0 Å². The molecule has 5 nitrogen and oxygen atoms in total. The standard InChI is InChI=1S/C24H18ClFN4OS/c1-15-21(28-23(31-15)17-4-6-18(25)7-5-17)13-30-22-12-27-11-10-20(22)29-24(30)32-14-16-2-8-19(26)9-3-16/h2-12H,13-14H2,1H3. The Balaban J connectivity index is 1.46. The highest BCUT2D eigenvalue weighted by molar-refractivity contribution is 7.98. The Kier molecular flexibility index (Phi) is 5.68. The van der Waals surface area contributed by atoms with Crippen molar-refractivity contribution in [1.29, 1.82) is 0 Å². The van der Waals surface area contributed by atoms with Gasteiger partial charge in [0.05, 0.1) is 23.8 Å². The molecule has 0 aliphatic rings. The SMILES string of the molecule is Cc1oc(-c2ccc(Cl)cc2)nc1Cn1c(SCc2ccc(F)cc2)nc2ccncc21. The maximum atomic E-state index is 13.2. The van der Waals surface area contributed by atoms with E-state index in [0.717, 1.165) is 38.8 Å². The van der Waals surface area contributed by atoms with Gasteiger partial charge in [-0.3, -0.25) is 4.98 Å². The van der Waals surface area contributed by atoms with Gasteiger partial charge in [-0.15, -0.1) is 0 Å². The molecule has 160 valence electrons. The van der Waals surface area contributed by atoms with Gasteiger partial charge in [-0.2, -0.15) is 0 Å². The number of nitrogens with zero attached hydrogens (tertiary/aromatic N) is 4. The van der Waals surface area contributed by atoms with Crippen LogP contribution in [-0.4, -0.2) is 19.5 Å². The minimum Gasteiger partial charge on any atom is -0.441 e. The van der Waals surface area contributed by atoms with Gasteiger partial charge in [-0.1, -0.05) is 35.5 Å². The fourth-order valence-corrected chi connectivity index (χ4v) is 4.48. The van der Waals surface area contributed by atoms with Crippen LogP contribution in [0.2, 0.25) is 5.02 Å². The van der Waals surface area contributed by atoms with Crippen molar-refractivity contribution in [3.8, 4) is 11.5 Å². The molecule has 0 amide bonds. The highest BCUT2D eigenvalue weighted by Gasteiger charge is 2.17. The predicted octanol–water partition coefficient (Wildman–Crippen LogP) is 6.53. The molecule has 3 aromatic heterocycles. The van der Waals surface area contributed by atoms with Gasteiger partial charge in [0.25, 0.3) is 0 Å². The largest absolute Gasteiger partial charge is 0.441 e. The van der Waals surface area contributed by atoms with Crippen LogP contribution in [0.15, 0.2) is 76.6 Å². The summed E-state index contributed by atoms with van der Waals surface area (Å²) in [5, 5.41) is 1.50. The first-order valence-corrected chi connectivity index (χ1v) is 11.3. The van der Waals surface area contributed by atoms with Gasteiger partial charge < -0.3 is 8.98 Å². The summed E-state index contributed by atoms with van der Waals surface area (Å²) in [6.07, 6.45) is 3.54. The first-order chi connectivity index (χ1) is 15.6. The summed E-state index contributed by atoms with van der Waals surface area (Å²) < 4.78 is 21.3. The summed E-state index contributed by atoms with van der Waals surface area (Å²) in [5.74, 6) is 1.73. The smallest absolute Gasteiger partial charge is 0.226 e. The van der Waals surface area contributed by atoms with Crippen molar-refractivity contribution in [2.45, 2.75) is 24.4 Å². The van der Waals surface area contributed by atoms with Gasteiger partial charge in [-0.05, 0) is 55.0 Å². The molecule has 0 bridgehead atoms. The molecule has 32 heavy (non-hydrogen) atoms. The number of rotatable bonds is 6.